The largest absolute Gasteiger partial charge is 0.496 e. The van der Waals surface area contributed by atoms with Gasteiger partial charge in [-0.1, -0.05) is 22.9 Å². The van der Waals surface area contributed by atoms with E-state index in [1.807, 2.05) is 12.1 Å². The Balaban J connectivity index is 2.30. The summed E-state index contributed by atoms with van der Waals surface area (Å²) in [6, 6.07) is 5.46. The summed E-state index contributed by atoms with van der Waals surface area (Å²) in [4.78, 5) is 0. The van der Waals surface area contributed by atoms with Crippen LogP contribution in [0.5, 0.6) is 5.75 Å². The number of aromatic nitrogens is 2. The maximum Gasteiger partial charge on any atom is 0.151 e. The van der Waals surface area contributed by atoms with Gasteiger partial charge in [0.25, 0.3) is 0 Å². The summed E-state index contributed by atoms with van der Waals surface area (Å²) < 4.78 is 5.31. The van der Waals surface area contributed by atoms with E-state index in [4.69, 9.17) is 22.1 Å². The van der Waals surface area contributed by atoms with Crippen LogP contribution in [0.2, 0.25) is 5.02 Å². The number of nitrogens with zero attached hydrogens (tertiary/aromatic N) is 2. The Hall–Kier alpha value is -1.17. The van der Waals surface area contributed by atoms with Crippen LogP contribution in [0.15, 0.2) is 18.2 Å². The lowest BCUT2D eigenvalue weighted by atomic mass is 10.2. The molecule has 0 amide bonds. The number of rotatable bonds is 5. The number of nitrogens with two attached hydrogens (primary N) is 1. The Morgan fingerprint density at radius 2 is 2.22 bits per heavy atom. The van der Waals surface area contributed by atoms with Gasteiger partial charge in [0.2, 0.25) is 0 Å². The lowest BCUT2D eigenvalue weighted by molar-refractivity contribution is 0.416. The third-order valence-corrected chi connectivity index (χ3v) is 3.70. The maximum absolute atomic E-state index is 6.00. The number of hydrogen-bond acceptors (Lipinski definition) is 5. The van der Waals surface area contributed by atoms with Gasteiger partial charge in [0, 0.05) is 11.4 Å². The molecule has 0 aliphatic heterocycles. The Kier molecular flexibility index (Phi) is 4.52. The fourth-order valence-corrected chi connectivity index (χ4v) is 2.64. The van der Waals surface area contributed by atoms with Crippen LogP contribution in [0.3, 0.4) is 0 Å². The Morgan fingerprint density at radius 3 is 2.94 bits per heavy atom. The monoisotopic (exact) mass is 283 g/mol. The van der Waals surface area contributed by atoms with Crippen molar-refractivity contribution in [1.82, 2.24) is 10.2 Å². The van der Waals surface area contributed by atoms with E-state index >= 15 is 0 Å². The lowest BCUT2D eigenvalue weighted by Gasteiger charge is -2.05. The first kappa shape index (κ1) is 13.3. The highest BCUT2D eigenvalue weighted by atomic mass is 35.5. The highest BCUT2D eigenvalue weighted by molar-refractivity contribution is 7.14. The summed E-state index contributed by atoms with van der Waals surface area (Å²) in [6.07, 6.45) is 1.78. The molecule has 2 rings (SSSR count). The second-order valence-electron chi connectivity index (χ2n) is 3.74. The number of hydrogen-bond donors (Lipinski definition) is 1. The molecule has 0 aliphatic carbocycles. The average molecular weight is 284 g/mol. The molecule has 2 aromatic rings. The molecule has 0 saturated heterocycles. The molecule has 0 unspecified atom stereocenters. The number of methoxy groups -OCH3 is 1. The van der Waals surface area contributed by atoms with Crippen LogP contribution in [0.25, 0.3) is 10.6 Å². The zero-order valence-electron chi connectivity index (χ0n) is 10.0. The van der Waals surface area contributed by atoms with Gasteiger partial charge in [-0.2, -0.15) is 0 Å². The molecule has 0 aliphatic rings. The van der Waals surface area contributed by atoms with Crippen LogP contribution >= 0.6 is 22.9 Å². The molecule has 96 valence electrons. The predicted octanol–water partition coefficient (Wildman–Crippen LogP) is 2.76. The first-order valence-corrected chi connectivity index (χ1v) is 6.80. The summed E-state index contributed by atoms with van der Waals surface area (Å²) in [5.41, 5.74) is 6.36. The topological polar surface area (TPSA) is 61.0 Å². The average Bonchev–Trinajstić information content (AvgIpc) is 2.85. The normalized spacial score (nSPS) is 10.6. The summed E-state index contributed by atoms with van der Waals surface area (Å²) in [5, 5.41) is 10.8. The predicted molar refractivity (Wildman–Crippen MR) is 74.3 cm³/mol. The lowest BCUT2D eigenvalue weighted by Crippen LogP contribution is -1.99. The molecule has 0 radical (unpaired) electrons. The zero-order valence-corrected chi connectivity index (χ0v) is 11.6. The van der Waals surface area contributed by atoms with Crippen LogP contribution in [0.4, 0.5) is 0 Å². The molecule has 0 saturated carbocycles. The Morgan fingerprint density at radius 1 is 1.39 bits per heavy atom. The molecule has 0 atom stereocenters. The van der Waals surface area contributed by atoms with Crippen molar-refractivity contribution in [2.24, 2.45) is 5.73 Å². The minimum atomic E-state index is 0.657. The molecule has 0 spiro atoms. The highest BCUT2D eigenvalue weighted by Gasteiger charge is 2.12. The second-order valence-corrected chi connectivity index (χ2v) is 5.24. The van der Waals surface area contributed by atoms with Gasteiger partial charge in [0.1, 0.15) is 10.8 Å². The minimum Gasteiger partial charge on any atom is -0.496 e. The van der Waals surface area contributed by atoms with Crippen molar-refractivity contribution in [1.29, 1.82) is 0 Å². The van der Waals surface area contributed by atoms with E-state index in [1.165, 1.54) is 0 Å². The van der Waals surface area contributed by atoms with E-state index in [0.717, 1.165) is 34.2 Å². The summed E-state index contributed by atoms with van der Waals surface area (Å²) in [5.74, 6) is 0.751. The quantitative estimate of drug-likeness (QED) is 0.916. The molecule has 0 fully saturated rings. The molecule has 1 aromatic carbocycles. The van der Waals surface area contributed by atoms with E-state index in [0.29, 0.717) is 11.6 Å². The standard InChI is InChI=1S/C12H14ClN3OS/c1-17-10-5-4-8(13)7-9(10)12-16-15-11(18-12)3-2-6-14/h4-5,7H,2-3,6,14H2,1H3. The van der Waals surface area contributed by atoms with Crippen molar-refractivity contribution in [2.45, 2.75) is 12.8 Å². The van der Waals surface area contributed by atoms with Crippen LogP contribution < -0.4 is 10.5 Å². The number of aryl methyl sites for hydroxylation is 1. The molecule has 1 aromatic heterocycles. The fraction of sp³-hybridized carbons (Fsp3) is 0.333. The summed E-state index contributed by atoms with van der Waals surface area (Å²) >= 11 is 7.55. The van der Waals surface area contributed by atoms with Gasteiger partial charge < -0.3 is 10.5 Å². The zero-order chi connectivity index (χ0) is 13.0. The smallest absolute Gasteiger partial charge is 0.151 e. The van der Waals surface area contributed by atoms with Gasteiger partial charge in [-0.3, -0.25) is 0 Å². The van der Waals surface area contributed by atoms with Gasteiger partial charge in [-0.25, -0.2) is 0 Å². The van der Waals surface area contributed by atoms with Crippen LogP contribution in [-0.2, 0) is 6.42 Å². The van der Waals surface area contributed by atoms with Crippen LogP contribution in [-0.4, -0.2) is 23.9 Å². The summed E-state index contributed by atoms with van der Waals surface area (Å²) in [7, 11) is 1.63. The maximum atomic E-state index is 6.00. The van der Waals surface area contributed by atoms with Gasteiger partial charge in [0.05, 0.1) is 12.7 Å². The van der Waals surface area contributed by atoms with Crippen LogP contribution in [0, 0.1) is 0 Å². The van der Waals surface area contributed by atoms with Gasteiger partial charge >= 0.3 is 0 Å². The van der Waals surface area contributed by atoms with Crippen LogP contribution in [0.1, 0.15) is 11.4 Å². The van der Waals surface area contributed by atoms with E-state index in [1.54, 1.807) is 24.5 Å². The molecular weight excluding hydrogens is 270 g/mol. The molecule has 1 heterocycles. The first-order valence-electron chi connectivity index (χ1n) is 5.61. The minimum absolute atomic E-state index is 0.657. The van der Waals surface area contributed by atoms with Gasteiger partial charge in [-0.15, -0.1) is 10.2 Å². The first-order chi connectivity index (χ1) is 8.74. The third-order valence-electron chi connectivity index (χ3n) is 2.45. The van der Waals surface area contributed by atoms with E-state index in [9.17, 15) is 0 Å². The van der Waals surface area contributed by atoms with Gasteiger partial charge in [-0.05, 0) is 31.2 Å². The van der Waals surface area contributed by atoms with Crippen molar-refractivity contribution < 1.29 is 4.74 Å². The molecule has 4 nitrogen and oxygen atoms in total. The number of halogens is 1. The van der Waals surface area contributed by atoms with E-state index < -0.39 is 0 Å². The van der Waals surface area contributed by atoms with E-state index in [-0.39, 0.29) is 0 Å². The van der Waals surface area contributed by atoms with E-state index in [2.05, 4.69) is 10.2 Å². The van der Waals surface area contributed by atoms with Crippen molar-refractivity contribution in [3.8, 4) is 16.3 Å². The Bertz CT molecular complexity index is 530. The summed E-state index contributed by atoms with van der Waals surface area (Å²) in [6.45, 7) is 0.662. The third kappa shape index (κ3) is 2.98. The second kappa shape index (κ2) is 6.13. The van der Waals surface area contributed by atoms with Gasteiger partial charge in [0.15, 0.2) is 5.01 Å². The highest BCUT2D eigenvalue weighted by Crippen LogP contribution is 2.34. The molecular formula is C12H14ClN3OS. The van der Waals surface area contributed by atoms with Crippen molar-refractivity contribution in [3.63, 3.8) is 0 Å². The molecule has 18 heavy (non-hydrogen) atoms. The van der Waals surface area contributed by atoms with Crippen molar-refractivity contribution in [3.05, 3.63) is 28.2 Å². The molecule has 6 heteroatoms. The molecule has 2 N–H and O–H groups in total. The number of ether oxygens (including phenoxy) is 1. The SMILES string of the molecule is COc1ccc(Cl)cc1-c1nnc(CCCN)s1. The fourth-order valence-electron chi connectivity index (χ4n) is 1.56. The molecule has 0 bridgehead atoms. The Labute approximate surface area is 115 Å². The van der Waals surface area contributed by atoms with Crippen molar-refractivity contribution >= 4 is 22.9 Å². The number of benzene rings is 1. The van der Waals surface area contributed by atoms with Crippen molar-refractivity contribution in [2.75, 3.05) is 13.7 Å².